The minimum absolute atomic E-state index is 0.110. The third-order valence-electron chi connectivity index (χ3n) is 4.06. The van der Waals surface area contributed by atoms with E-state index in [4.69, 9.17) is 16.3 Å². The number of hydrogen-bond acceptors (Lipinski definition) is 3. The van der Waals surface area contributed by atoms with E-state index in [-0.39, 0.29) is 5.70 Å². The summed E-state index contributed by atoms with van der Waals surface area (Å²) in [6.07, 6.45) is 1.60. The average Bonchev–Trinajstić information content (AvgIpc) is 2.75. The molecule has 146 valence electrons. The highest BCUT2D eigenvalue weighted by Crippen LogP contribution is 2.16. The normalized spacial score (nSPS) is 10.9. The molecule has 29 heavy (non-hydrogen) atoms. The third-order valence-corrected chi connectivity index (χ3v) is 4.31. The molecule has 0 bridgehead atoms. The molecule has 0 aliphatic carbocycles. The molecule has 3 aromatic rings. The van der Waals surface area contributed by atoms with Crippen molar-refractivity contribution in [3.63, 3.8) is 0 Å². The minimum Gasteiger partial charge on any atom is -0.497 e. The summed E-state index contributed by atoms with van der Waals surface area (Å²) in [7, 11) is 1.58. The summed E-state index contributed by atoms with van der Waals surface area (Å²) in [5.41, 5.74) is 1.86. The summed E-state index contributed by atoms with van der Waals surface area (Å²) in [6, 6.07) is 22.6. The van der Waals surface area contributed by atoms with Gasteiger partial charge in [-0.1, -0.05) is 41.9 Å². The quantitative estimate of drug-likeness (QED) is 0.580. The molecule has 0 aliphatic heterocycles. The Morgan fingerprint density at radius 3 is 2.17 bits per heavy atom. The number of carbonyl (C=O) groups excluding carboxylic acids is 2. The predicted octanol–water partition coefficient (Wildman–Crippen LogP) is 4.76. The molecule has 0 fully saturated rings. The van der Waals surface area contributed by atoms with E-state index in [2.05, 4.69) is 10.6 Å². The molecule has 0 aliphatic rings. The van der Waals surface area contributed by atoms with Crippen LogP contribution >= 0.6 is 11.6 Å². The lowest BCUT2D eigenvalue weighted by Gasteiger charge is -2.11. The van der Waals surface area contributed by atoms with Crippen molar-refractivity contribution >= 4 is 35.2 Å². The Labute approximate surface area is 174 Å². The maximum Gasteiger partial charge on any atom is 0.272 e. The Morgan fingerprint density at radius 1 is 0.897 bits per heavy atom. The Bertz CT molecular complexity index is 1010. The molecular weight excluding hydrogens is 388 g/mol. The van der Waals surface area contributed by atoms with Gasteiger partial charge in [0.2, 0.25) is 0 Å². The van der Waals surface area contributed by atoms with E-state index in [1.54, 1.807) is 73.8 Å². The first-order valence-corrected chi connectivity index (χ1v) is 9.22. The second kappa shape index (κ2) is 9.57. The summed E-state index contributed by atoms with van der Waals surface area (Å²) in [5.74, 6) is -0.151. The second-order valence-electron chi connectivity index (χ2n) is 6.11. The van der Waals surface area contributed by atoms with Gasteiger partial charge in [-0.15, -0.1) is 0 Å². The van der Waals surface area contributed by atoms with Crippen LogP contribution in [0.2, 0.25) is 5.02 Å². The van der Waals surface area contributed by atoms with Crippen LogP contribution in [0, 0.1) is 0 Å². The van der Waals surface area contributed by atoms with Crippen molar-refractivity contribution in [1.29, 1.82) is 0 Å². The van der Waals surface area contributed by atoms with Crippen LogP contribution in [0.3, 0.4) is 0 Å². The SMILES string of the molecule is COc1ccc(/C=C(/NC(=O)c2ccc(Cl)cc2)C(=O)Nc2ccccc2)cc1. The highest BCUT2D eigenvalue weighted by atomic mass is 35.5. The molecule has 0 radical (unpaired) electrons. The molecule has 2 amide bonds. The Kier molecular flexibility index (Phi) is 6.66. The van der Waals surface area contributed by atoms with Crippen molar-refractivity contribution in [2.45, 2.75) is 0 Å². The topological polar surface area (TPSA) is 67.4 Å². The van der Waals surface area contributed by atoms with Crippen molar-refractivity contribution in [2.75, 3.05) is 12.4 Å². The van der Waals surface area contributed by atoms with Crippen LogP contribution in [-0.4, -0.2) is 18.9 Å². The van der Waals surface area contributed by atoms with Gasteiger partial charge in [0.15, 0.2) is 0 Å². The third kappa shape index (κ3) is 5.70. The monoisotopic (exact) mass is 406 g/mol. The van der Waals surface area contributed by atoms with E-state index in [1.807, 2.05) is 18.2 Å². The van der Waals surface area contributed by atoms with Gasteiger partial charge in [-0.2, -0.15) is 0 Å². The zero-order valence-electron chi connectivity index (χ0n) is 15.7. The maximum absolute atomic E-state index is 12.8. The molecule has 0 atom stereocenters. The number of hydrogen-bond donors (Lipinski definition) is 2. The molecule has 0 aromatic heterocycles. The van der Waals surface area contributed by atoms with Gasteiger partial charge < -0.3 is 15.4 Å². The maximum atomic E-state index is 12.8. The lowest BCUT2D eigenvalue weighted by atomic mass is 10.1. The molecule has 2 N–H and O–H groups in total. The van der Waals surface area contributed by atoms with E-state index in [0.717, 1.165) is 5.56 Å². The van der Waals surface area contributed by atoms with Gasteiger partial charge in [0.1, 0.15) is 11.4 Å². The molecule has 0 saturated heterocycles. The van der Waals surface area contributed by atoms with Crippen molar-refractivity contribution in [2.24, 2.45) is 0 Å². The van der Waals surface area contributed by atoms with Gasteiger partial charge in [-0.05, 0) is 60.2 Å². The predicted molar refractivity (Wildman–Crippen MR) is 115 cm³/mol. The number of carbonyl (C=O) groups is 2. The number of ether oxygens (including phenoxy) is 1. The largest absolute Gasteiger partial charge is 0.497 e. The second-order valence-corrected chi connectivity index (χ2v) is 6.55. The standard InChI is InChI=1S/C23H19ClN2O3/c1-29-20-13-7-16(8-14-20)15-21(23(28)25-19-5-3-2-4-6-19)26-22(27)17-9-11-18(24)12-10-17/h2-15H,1H3,(H,25,28)(H,26,27)/b21-15+. The lowest BCUT2D eigenvalue weighted by Crippen LogP contribution is -2.30. The summed E-state index contributed by atoms with van der Waals surface area (Å²) >= 11 is 5.88. The number of methoxy groups -OCH3 is 1. The number of amides is 2. The first-order valence-electron chi connectivity index (χ1n) is 8.84. The molecule has 6 heteroatoms. The fourth-order valence-electron chi connectivity index (χ4n) is 2.54. The lowest BCUT2D eigenvalue weighted by molar-refractivity contribution is -0.113. The van der Waals surface area contributed by atoms with Crippen LogP contribution in [-0.2, 0) is 4.79 Å². The van der Waals surface area contributed by atoms with Crippen LogP contribution in [0.25, 0.3) is 6.08 Å². The van der Waals surface area contributed by atoms with E-state index < -0.39 is 11.8 Å². The molecule has 0 heterocycles. The minimum atomic E-state index is -0.436. The number of benzene rings is 3. The molecule has 0 saturated carbocycles. The summed E-state index contributed by atoms with van der Waals surface area (Å²) < 4.78 is 5.15. The van der Waals surface area contributed by atoms with E-state index in [9.17, 15) is 9.59 Å². The van der Waals surface area contributed by atoms with Crippen molar-refractivity contribution < 1.29 is 14.3 Å². The van der Waals surface area contributed by atoms with E-state index in [1.165, 1.54) is 0 Å². The van der Waals surface area contributed by atoms with Gasteiger partial charge in [-0.25, -0.2) is 0 Å². The Morgan fingerprint density at radius 2 is 1.55 bits per heavy atom. The summed E-state index contributed by atoms with van der Waals surface area (Å²) in [6.45, 7) is 0. The first kappa shape index (κ1) is 20.2. The van der Waals surface area contributed by atoms with Gasteiger partial charge in [-0.3, -0.25) is 9.59 Å². The molecule has 3 rings (SSSR count). The van der Waals surface area contributed by atoms with Crippen molar-refractivity contribution in [3.05, 3.63) is 101 Å². The van der Waals surface area contributed by atoms with Crippen LogP contribution < -0.4 is 15.4 Å². The van der Waals surface area contributed by atoms with Gasteiger partial charge >= 0.3 is 0 Å². The smallest absolute Gasteiger partial charge is 0.272 e. The van der Waals surface area contributed by atoms with Crippen LogP contribution in [0.1, 0.15) is 15.9 Å². The number of rotatable bonds is 6. The highest BCUT2D eigenvalue weighted by Gasteiger charge is 2.15. The molecule has 0 unspecified atom stereocenters. The molecule has 5 nitrogen and oxygen atoms in total. The van der Waals surface area contributed by atoms with Gasteiger partial charge in [0.25, 0.3) is 11.8 Å². The highest BCUT2D eigenvalue weighted by molar-refractivity contribution is 6.30. The zero-order chi connectivity index (χ0) is 20.6. The molecular formula is C23H19ClN2O3. The van der Waals surface area contributed by atoms with Gasteiger partial charge in [0.05, 0.1) is 7.11 Å². The van der Waals surface area contributed by atoms with E-state index >= 15 is 0 Å². The molecule has 0 spiro atoms. The summed E-state index contributed by atoms with van der Waals surface area (Å²) in [4.78, 5) is 25.4. The van der Waals surface area contributed by atoms with Crippen LogP contribution in [0.4, 0.5) is 5.69 Å². The van der Waals surface area contributed by atoms with Gasteiger partial charge in [0, 0.05) is 16.3 Å². The first-order chi connectivity index (χ1) is 14.0. The van der Waals surface area contributed by atoms with Crippen LogP contribution in [0.5, 0.6) is 5.75 Å². The Hall–Kier alpha value is -3.57. The zero-order valence-corrected chi connectivity index (χ0v) is 16.4. The number of para-hydroxylation sites is 1. The fourth-order valence-corrected chi connectivity index (χ4v) is 2.67. The average molecular weight is 407 g/mol. The van der Waals surface area contributed by atoms with Crippen molar-refractivity contribution in [1.82, 2.24) is 5.32 Å². The number of anilines is 1. The number of nitrogens with one attached hydrogen (secondary N) is 2. The molecule has 3 aromatic carbocycles. The Balaban J connectivity index is 1.87. The van der Waals surface area contributed by atoms with Crippen LogP contribution in [0.15, 0.2) is 84.6 Å². The van der Waals surface area contributed by atoms with E-state index in [0.29, 0.717) is 22.0 Å². The fraction of sp³-hybridized carbons (Fsp3) is 0.0435. The number of halogens is 1. The van der Waals surface area contributed by atoms with Crippen molar-refractivity contribution in [3.8, 4) is 5.75 Å². The summed E-state index contributed by atoms with van der Waals surface area (Å²) in [5, 5.41) is 5.99.